The highest BCUT2D eigenvalue weighted by Gasteiger charge is 2.15. The Bertz CT molecular complexity index is 658. The number of aromatic nitrogens is 4. The SMILES string of the molecule is c1ccc(C(CCNCCCCc2cnc[nH]2)c2ccccn2)nc1. The molecule has 0 amide bonds. The zero-order valence-corrected chi connectivity index (χ0v) is 14.4. The largest absolute Gasteiger partial charge is 0.348 e. The summed E-state index contributed by atoms with van der Waals surface area (Å²) in [6.07, 6.45) is 11.7. The number of aryl methyl sites for hydroxylation is 1. The fourth-order valence-corrected chi connectivity index (χ4v) is 2.97. The highest BCUT2D eigenvalue weighted by molar-refractivity contribution is 5.22. The molecule has 5 nitrogen and oxygen atoms in total. The number of aromatic amines is 1. The van der Waals surface area contributed by atoms with Crippen molar-refractivity contribution in [1.29, 1.82) is 0 Å². The molecule has 0 spiro atoms. The van der Waals surface area contributed by atoms with Crippen molar-refractivity contribution >= 4 is 0 Å². The second-order valence-corrected chi connectivity index (χ2v) is 6.13. The number of pyridine rings is 2. The van der Waals surface area contributed by atoms with Crippen LogP contribution in [-0.2, 0) is 6.42 Å². The number of H-pyrrole nitrogens is 1. The Balaban J connectivity index is 1.43. The van der Waals surface area contributed by atoms with Gasteiger partial charge in [0.25, 0.3) is 0 Å². The fourth-order valence-electron chi connectivity index (χ4n) is 2.97. The fraction of sp³-hybridized carbons (Fsp3) is 0.350. The molecule has 130 valence electrons. The van der Waals surface area contributed by atoms with Crippen LogP contribution in [0.15, 0.2) is 61.3 Å². The first-order valence-corrected chi connectivity index (χ1v) is 8.93. The Hall–Kier alpha value is -2.53. The lowest BCUT2D eigenvalue weighted by atomic mass is 9.96. The van der Waals surface area contributed by atoms with E-state index >= 15 is 0 Å². The lowest BCUT2D eigenvalue weighted by Gasteiger charge is -2.16. The zero-order valence-electron chi connectivity index (χ0n) is 14.4. The van der Waals surface area contributed by atoms with Crippen molar-refractivity contribution in [3.8, 4) is 0 Å². The lowest BCUT2D eigenvalue weighted by Crippen LogP contribution is -2.20. The minimum absolute atomic E-state index is 0.236. The molecule has 3 heterocycles. The topological polar surface area (TPSA) is 66.5 Å². The maximum atomic E-state index is 4.54. The molecule has 3 aromatic rings. The Morgan fingerprint density at radius 2 is 1.68 bits per heavy atom. The van der Waals surface area contributed by atoms with E-state index in [1.54, 1.807) is 6.33 Å². The van der Waals surface area contributed by atoms with Crippen molar-refractivity contribution in [1.82, 2.24) is 25.3 Å². The first-order valence-electron chi connectivity index (χ1n) is 8.93. The maximum absolute atomic E-state index is 4.54. The van der Waals surface area contributed by atoms with Crippen LogP contribution in [0.4, 0.5) is 0 Å². The molecule has 5 heteroatoms. The smallest absolute Gasteiger partial charge is 0.0921 e. The van der Waals surface area contributed by atoms with Gasteiger partial charge in [-0.15, -0.1) is 0 Å². The number of hydrogen-bond acceptors (Lipinski definition) is 4. The Morgan fingerprint density at radius 3 is 2.28 bits per heavy atom. The van der Waals surface area contributed by atoms with Gasteiger partial charge in [0.1, 0.15) is 0 Å². The molecule has 0 aliphatic heterocycles. The third-order valence-electron chi connectivity index (χ3n) is 4.30. The summed E-state index contributed by atoms with van der Waals surface area (Å²) in [6.45, 7) is 1.99. The standard InChI is InChI=1S/C20H25N5/c1(7-17-15-22-16-25-17)4-11-21-14-10-18(19-8-2-5-12-23-19)20-9-3-6-13-24-20/h2-3,5-6,8-9,12-13,15-16,18,21H,1,4,7,10-11,14H2,(H,22,25). The minimum Gasteiger partial charge on any atom is -0.348 e. The number of rotatable bonds is 10. The van der Waals surface area contributed by atoms with Gasteiger partial charge < -0.3 is 10.3 Å². The molecule has 0 radical (unpaired) electrons. The van der Waals surface area contributed by atoms with Gasteiger partial charge in [-0.2, -0.15) is 0 Å². The van der Waals surface area contributed by atoms with Crippen LogP contribution in [0.2, 0.25) is 0 Å². The van der Waals surface area contributed by atoms with E-state index < -0.39 is 0 Å². The van der Waals surface area contributed by atoms with E-state index in [1.807, 2.05) is 42.9 Å². The molecule has 3 rings (SSSR count). The number of unbranched alkanes of at least 4 members (excludes halogenated alkanes) is 1. The molecule has 0 aliphatic carbocycles. The van der Waals surface area contributed by atoms with E-state index in [9.17, 15) is 0 Å². The average Bonchev–Trinajstić information content (AvgIpc) is 3.19. The summed E-state index contributed by atoms with van der Waals surface area (Å²) in [5.74, 6) is 0.236. The van der Waals surface area contributed by atoms with E-state index in [4.69, 9.17) is 0 Å². The summed E-state index contributed by atoms with van der Waals surface area (Å²) in [7, 11) is 0. The number of imidazole rings is 1. The Morgan fingerprint density at radius 1 is 0.920 bits per heavy atom. The zero-order chi connectivity index (χ0) is 17.2. The molecule has 0 bridgehead atoms. The molecule has 0 fully saturated rings. The summed E-state index contributed by atoms with van der Waals surface area (Å²) < 4.78 is 0. The van der Waals surface area contributed by atoms with Crippen LogP contribution in [0.25, 0.3) is 0 Å². The van der Waals surface area contributed by atoms with Crippen LogP contribution < -0.4 is 5.32 Å². The second-order valence-electron chi connectivity index (χ2n) is 6.13. The summed E-state index contributed by atoms with van der Waals surface area (Å²) in [5.41, 5.74) is 3.38. The van der Waals surface area contributed by atoms with Gasteiger partial charge in [0.05, 0.1) is 6.33 Å². The molecule has 3 aromatic heterocycles. The number of hydrogen-bond donors (Lipinski definition) is 2. The molecule has 25 heavy (non-hydrogen) atoms. The van der Waals surface area contributed by atoms with Crippen LogP contribution in [0.5, 0.6) is 0 Å². The van der Waals surface area contributed by atoms with E-state index in [0.29, 0.717) is 0 Å². The third-order valence-corrected chi connectivity index (χ3v) is 4.30. The molecule has 2 N–H and O–H groups in total. The van der Waals surface area contributed by atoms with E-state index in [2.05, 4.69) is 37.4 Å². The first-order chi connectivity index (χ1) is 12.4. The van der Waals surface area contributed by atoms with Crippen molar-refractivity contribution in [2.45, 2.75) is 31.6 Å². The second kappa shape index (κ2) is 9.69. The quantitative estimate of drug-likeness (QED) is 0.558. The van der Waals surface area contributed by atoms with Gasteiger partial charge in [-0.25, -0.2) is 4.98 Å². The van der Waals surface area contributed by atoms with Crippen LogP contribution in [0.3, 0.4) is 0 Å². The van der Waals surface area contributed by atoms with Gasteiger partial charge in [-0.1, -0.05) is 12.1 Å². The highest BCUT2D eigenvalue weighted by atomic mass is 14.9. The molecular formula is C20H25N5. The molecule has 0 aromatic carbocycles. The van der Waals surface area contributed by atoms with Gasteiger partial charge in [-0.05, 0) is 63.0 Å². The predicted octanol–water partition coefficient (Wildman–Crippen LogP) is 3.33. The van der Waals surface area contributed by atoms with Gasteiger partial charge in [0.2, 0.25) is 0 Å². The van der Waals surface area contributed by atoms with Crippen molar-refractivity contribution in [3.63, 3.8) is 0 Å². The molecule has 0 atom stereocenters. The highest BCUT2D eigenvalue weighted by Crippen LogP contribution is 2.24. The van der Waals surface area contributed by atoms with Gasteiger partial charge in [-0.3, -0.25) is 9.97 Å². The van der Waals surface area contributed by atoms with Crippen molar-refractivity contribution in [2.75, 3.05) is 13.1 Å². The van der Waals surface area contributed by atoms with Gasteiger partial charge in [0, 0.05) is 41.6 Å². The van der Waals surface area contributed by atoms with E-state index in [-0.39, 0.29) is 5.92 Å². The van der Waals surface area contributed by atoms with E-state index in [0.717, 1.165) is 43.7 Å². The molecule has 0 saturated carbocycles. The Kier molecular flexibility index (Phi) is 6.70. The van der Waals surface area contributed by atoms with E-state index in [1.165, 1.54) is 12.1 Å². The predicted molar refractivity (Wildman–Crippen MR) is 99.3 cm³/mol. The molecular weight excluding hydrogens is 310 g/mol. The summed E-state index contributed by atoms with van der Waals surface area (Å²) in [4.78, 5) is 16.3. The van der Waals surface area contributed by atoms with Gasteiger partial charge >= 0.3 is 0 Å². The van der Waals surface area contributed by atoms with Crippen LogP contribution in [-0.4, -0.2) is 33.0 Å². The lowest BCUT2D eigenvalue weighted by molar-refractivity contribution is 0.571. The van der Waals surface area contributed by atoms with Crippen molar-refractivity contribution in [3.05, 3.63) is 78.4 Å². The van der Waals surface area contributed by atoms with Crippen molar-refractivity contribution < 1.29 is 0 Å². The third kappa shape index (κ3) is 5.50. The molecule has 0 saturated heterocycles. The van der Waals surface area contributed by atoms with Crippen LogP contribution in [0, 0.1) is 0 Å². The number of nitrogens with one attached hydrogen (secondary N) is 2. The monoisotopic (exact) mass is 335 g/mol. The molecule has 0 unspecified atom stereocenters. The normalized spacial score (nSPS) is 11.1. The Labute approximate surface area is 149 Å². The molecule has 0 aliphatic rings. The minimum atomic E-state index is 0.236. The number of nitrogens with zero attached hydrogens (tertiary/aromatic N) is 3. The van der Waals surface area contributed by atoms with Crippen LogP contribution in [0.1, 0.15) is 42.3 Å². The van der Waals surface area contributed by atoms with Gasteiger partial charge in [0.15, 0.2) is 0 Å². The van der Waals surface area contributed by atoms with Crippen molar-refractivity contribution in [2.24, 2.45) is 0 Å². The summed E-state index contributed by atoms with van der Waals surface area (Å²) >= 11 is 0. The average molecular weight is 335 g/mol. The summed E-state index contributed by atoms with van der Waals surface area (Å²) in [6, 6.07) is 12.2. The maximum Gasteiger partial charge on any atom is 0.0921 e. The summed E-state index contributed by atoms with van der Waals surface area (Å²) in [5, 5.41) is 3.55. The first kappa shape index (κ1) is 17.3. The van der Waals surface area contributed by atoms with Crippen LogP contribution >= 0.6 is 0 Å².